The molecule has 0 radical (unpaired) electrons. The Morgan fingerprint density at radius 3 is 2.58 bits per heavy atom. The first-order valence-electron chi connectivity index (χ1n) is 14.4. The van der Waals surface area contributed by atoms with Gasteiger partial charge in [0, 0.05) is 16.1 Å². The molecule has 1 saturated heterocycles. The number of hydrogen-bond acceptors (Lipinski definition) is 9. The van der Waals surface area contributed by atoms with Crippen molar-refractivity contribution < 1.29 is 28.6 Å². The van der Waals surface area contributed by atoms with Crippen LogP contribution < -0.4 is 4.74 Å². The third-order valence-corrected chi connectivity index (χ3v) is 7.51. The summed E-state index contributed by atoms with van der Waals surface area (Å²) in [4.78, 5) is 20.6. The van der Waals surface area contributed by atoms with Crippen molar-refractivity contribution in [1.29, 1.82) is 0 Å². The molecule has 1 aliphatic heterocycles. The average molecular weight is 656 g/mol. The Balaban J connectivity index is 0.000000205. The monoisotopic (exact) mass is 654 g/mol. The van der Waals surface area contributed by atoms with Gasteiger partial charge in [-0.1, -0.05) is 90.2 Å². The Morgan fingerprint density at radius 2 is 1.89 bits per heavy atom. The SMILES string of the molecule is CCCC1COC(Cn2cncn2)(c2ccc(Cl)cc2Cl)O1.CO/N=C(/C(=O)OC)c1ccccc1COc1ccccc1C. The third-order valence-electron chi connectivity index (χ3n) is 6.96. The van der Waals surface area contributed by atoms with Gasteiger partial charge in [-0.25, -0.2) is 14.5 Å². The number of esters is 1. The summed E-state index contributed by atoms with van der Waals surface area (Å²) in [5.74, 6) is -0.726. The minimum absolute atomic E-state index is 0.0419. The van der Waals surface area contributed by atoms with Gasteiger partial charge in [0.15, 0.2) is 5.71 Å². The van der Waals surface area contributed by atoms with Crippen LogP contribution in [-0.4, -0.2) is 53.4 Å². The standard InChI is InChI=1S/C18H19NO4.C15H17Cl2N3O2/c1-13-8-4-7-11-16(13)23-12-14-9-5-6-10-15(14)17(19-22-3)18(20)21-2;1-2-3-12-7-21-15(22-12,8-20-10-18-9-19-20)13-5-4-11(16)6-14(13)17/h4-11H,12H2,1-3H3;4-6,9-10,12H,2-3,7-8H2,1H3/b19-17+;. The number of aryl methyl sites for hydroxylation is 1. The molecule has 0 amide bonds. The van der Waals surface area contributed by atoms with E-state index in [1.165, 1.54) is 20.5 Å². The van der Waals surface area contributed by atoms with Gasteiger partial charge in [-0.3, -0.25) is 0 Å². The van der Waals surface area contributed by atoms with E-state index in [2.05, 4.69) is 22.2 Å². The van der Waals surface area contributed by atoms with Gasteiger partial charge in [-0.2, -0.15) is 5.10 Å². The van der Waals surface area contributed by atoms with Crippen LogP contribution in [0.4, 0.5) is 0 Å². The molecule has 1 aromatic heterocycles. The van der Waals surface area contributed by atoms with E-state index < -0.39 is 11.8 Å². The first-order valence-corrected chi connectivity index (χ1v) is 15.1. The number of nitrogens with zero attached hydrogens (tertiary/aromatic N) is 4. The fraction of sp³-hybridized carbons (Fsp3) is 0.333. The average Bonchev–Trinajstić information content (AvgIpc) is 3.70. The summed E-state index contributed by atoms with van der Waals surface area (Å²) in [6, 6.07) is 20.4. The van der Waals surface area contributed by atoms with Crippen molar-refractivity contribution in [3.05, 3.63) is 112 Å². The number of methoxy groups -OCH3 is 1. The van der Waals surface area contributed by atoms with Crippen LogP contribution in [0.25, 0.3) is 0 Å². The van der Waals surface area contributed by atoms with E-state index >= 15 is 0 Å². The molecule has 1 aliphatic rings. The Hall–Kier alpha value is -3.96. The fourth-order valence-corrected chi connectivity index (χ4v) is 5.35. The number of hydrogen-bond donors (Lipinski definition) is 0. The fourth-order valence-electron chi connectivity index (χ4n) is 4.80. The molecule has 10 nitrogen and oxygen atoms in total. The lowest BCUT2D eigenvalue weighted by atomic mass is 10.0. The second-order valence-corrected chi connectivity index (χ2v) is 11.0. The van der Waals surface area contributed by atoms with Gasteiger partial charge in [0.2, 0.25) is 5.79 Å². The van der Waals surface area contributed by atoms with E-state index in [9.17, 15) is 4.79 Å². The zero-order chi connectivity index (χ0) is 32.2. The predicted molar refractivity (Wildman–Crippen MR) is 171 cm³/mol. The van der Waals surface area contributed by atoms with Gasteiger partial charge in [0.05, 0.1) is 24.8 Å². The van der Waals surface area contributed by atoms with Crippen molar-refractivity contribution in [1.82, 2.24) is 14.8 Å². The highest BCUT2D eigenvalue weighted by atomic mass is 35.5. The van der Waals surface area contributed by atoms with Gasteiger partial charge >= 0.3 is 5.97 Å². The lowest BCUT2D eigenvalue weighted by Crippen LogP contribution is -2.34. The molecule has 0 saturated carbocycles. The Labute approximate surface area is 272 Å². The molecule has 3 aromatic carbocycles. The van der Waals surface area contributed by atoms with Crippen LogP contribution in [0.5, 0.6) is 5.75 Å². The number of carbonyl (C=O) groups excluding carboxylic acids is 1. The van der Waals surface area contributed by atoms with Crippen LogP contribution in [-0.2, 0) is 42.8 Å². The first kappa shape index (κ1) is 33.9. The summed E-state index contributed by atoms with van der Waals surface area (Å²) >= 11 is 12.4. The largest absolute Gasteiger partial charge is 0.489 e. The lowest BCUT2D eigenvalue weighted by Gasteiger charge is -2.29. The number of ether oxygens (including phenoxy) is 4. The molecular formula is C33H36Cl2N4O6. The smallest absolute Gasteiger partial charge is 0.360 e. The summed E-state index contributed by atoms with van der Waals surface area (Å²) in [7, 11) is 2.69. The second kappa shape index (κ2) is 16.4. The van der Waals surface area contributed by atoms with E-state index in [4.69, 9.17) is 47.0 Å². The zero-order valence-corrected chi connectivity index (χ0v) is 27.1. The molecule has 2 heterocycles. The number of aromatic nitrogens is 3. The minimum Gasteiger partial charge on any atom is -0.489 e. The summed E-state index contributed by atoms with van der Waals surface area (Å²) in [5.41, 5.74) is 3.35. The van der Waals surface area contributed by atoms with Gasteiger partial charge in [-0.05, 0) is 42.7 Å². The van der Waals surface area contributed by atoms with Crippen LogP contribution in [0.1, 0.15) is 42.0 Å². The number of halogens is 2. The molecule has 45 heavy (non-hydrogen) atoms. The molecule has 2 unspecified atom stereocenters. The topological polar surface area (TPSA) is 106 Å². The summed E-state index contributed by atoms with van der Waals surface area (Å²) in [6.07, 6.45) is 5.12. The van der Waals surface area contributed by atoms with Crippen molar-refractivity contribution in [2.75, 3.05) is 20.8 Å². The van der Waals surface area contributed by atoms with Gasteiger partial charge in [0.1, 0.15) is 38.7 Å². The highest BCUT2D eigenvalue weighted by Crippen LogP contribution is 2.41. The van der Waals surface area contributed by atoms with Crippen molar-refractivity contribution >= 4 is 34.9 Å². The third kappa shape index (κ3) is 8.82. The van der Waals surface area contributed by atoms with E-state index in [0.717, 1.165) is 35.3 Å². The number of benzene rings is 3. The van der Waals surface area contributed by atoms with Crippen LogP contribution in [0.3, 0.4) is 0 Å². The maximum atomic E-state index is 11.9. The first-order chi connectivity index (χ1) is 21.8. The molecule has 2 atom stereocenters. The molecule has 4 aromatic rings. The predicted octanol–water partition coefficient (Wildman–Crippen LogP) is 6.75. The van der Waals surface area contributed by atoms with E-state index in [1.54, 1.807) is 29.2 Å². The van der Waals surface area contributed by atoms with Gasteiger partial charge in [-0.15, -0.1) is 0 Å². The number of carbonyl (C=O) groups is 1. The molecule has 1 fully saturated rings. The molecule has 12 heteroatoms. The number of rotatable bonds is 11. The minimum atomic E-state index is -0.963. The van der Waals surface area contributed by atoms with Crippen molar-refractivity contribution in [2.45, 2.75) is 51.7 Å². The van der Waals surface area contributed by atoms with Crippen LogP contribution in [0.2, 0.25) is 10.0 Å². The Kier molecular flexibility index (Phi) is 12.3. The normalized spacial score (nSPS) is 17.7. The quantitative estimate of drug-likeness (QED) is 0.0993. The molecule has 5 rings (SSSR count). The van der Waals surface area contributed by atoms with Crippen molar-refractivity contribution in [3.8, 4) is 5.75 Å². The Morgan fingerprint density at radius 1 is 1.11 bits per heavy atom. The maximum Gasteiger partial charge on any atom is 0.360 e. The highest BCUT2D eigenvalue weighted by Gasteiger charge is 2.45. The molecule has 0 N–H and O–H groups in total. The highest BCUT2D eigenvalue weighted by molar-refractivity contribution is 6.43. The van der Waals surface area contributed by atoms with Gasteiger partial charge in [0.25, 0.3) is 0 Å². The second-order valence-electron chi connectivity index (χ2n) is 10.1. The zero-order valence-electron chi connectivity index (χ0n) is 25.6. The molecule has 238 valence electrons. The van der Waals surface area contributed by atoms with E-state index in [1.807, 2.05) is 55.5 Å². The molecule has 0 bridgehead atoms. The maximum absolute atomic E-state index is 11.9. The van der Waals surface area contributed by atoms with Crippen LogP contribution >= 0.6 is 23.2 Å². The number of para-hydroxylation sites is 1. The van der Waals surface area contributed by atoms with Gasteiger partial charge < -0.3 is 23.8 Å². The molecule has 0 spiro atoms. The van der Waals surface area contributed by atoms with E-state index in [-0.39, 0.29) is 11.8 Å². The van der Waals surface area contributed by atoms with Crippen LogP contribution in [0.15, 0.2) is 84.5 Å². The Bertz CT molecular complexity index is 1580. The van der Waals surface area contributed by atoms with E-state index in [0.29, 0.717) is 35.4 Å². The summed E-state index contributed by atoms with van der Waals surface area (Å²) in [6.45, 7) is 5.32. The summed E-state index contributed by atoms with van der Waals surface area (Å²) in [5, 5.41) is 9.02. The van der Waals surface area contributed by atoms with Crippen LogP contribution in [0, 0.1) is 6.92 Å². The number of oxime groups is 1. The lowest BCUT2D eigenvalue weighted by molar-refractivity contribution is -0.189. The summed E-state index contributed by atoms with van der Waals surface area (Å²) < 4.78 is 24.6. The molecule has 0 aliphatic carbocycles. The molecular weight excluding hydrogens is 619 g/mol. The van der Waals surface area contributed by atoms with Crippen molar-refractivity contribution in [2.24, 2.45) is 5.16 Å². The van der Waals surface area contributed by atoms with Crippen molar-refractivity contribution in [3.63, 3.8) is 0 Å².